The van der Waals surface area contributed by atoms with Crippen LogP contribution in [0.2, 0.25) is 10.0 Å². The maximum Gasteiger partial charge on any atom is 0.315 e. The summed E-state index contributed by atoms with van der Waals surface area (Å²) < 4.78 is 4.38. The number of esters is 1. The molecule has 0 aliphatic rings. The molecule has 0 aromatic heterocycles. The van der Waals surface area contributed by atoms with Crippen LogP contribution in [0, 0.1) is 0 Å². The molecule has 0 spiro atoms. The molecule has 0 aliphatic carbocycles. The van der Waals surface area contributed by atoms with Gasteiger partial charge in [0.25, 0.3) is 0 Å². The van der Waals surface area contributed by atoms with Crippen molar-refractivity contribution in [2.75, 3.05) is 7.11 Å². The predicted octanol–water partition coefficient (Wildman–Crippen LogP) is 2.72. The molecule has 0 aliphatic heterocycles. The van der Waals surface area contributed by atoms with Crippen LogP contribution in [0.4, 0.5) is 5.69 Å². The summed E-state index contributed by atoms with van der Waals surface area (Å²) in [6, 6.07) is 4.98. The van der Waals surface area contributed by atoms with Gasteiger partial charge in [0.2, 0.25) is 5.91 Å². The summed E-state index contributed by atoms with van der Waals surface area (Å²) >= 11 is 11.8. The van der Waals surface area contributed by atoms with E-state index < -0.39 is 11.9 Å². The van der Waals surface area contributed by atoms with Crippen molar-refractivity contribution >= 4 is 46.6 Å². The normalized spacial score (nSPS) is 11.1. The number of nitrogens with zero attached hydrogens (tertiary/aromatic N) is 1. The molecule has 0 atom stereocenters. The van der Waals surface area contributed by atoms with Crippen molar-refractivity contribution in [1.29, 1.82) is 0 Å². The minimum atomic E-state index is -0.619. The Labute approximate surface area is 120 Å². The van der Waals surface area contributed by atoms with Crippen molar-refractivity contribution in [3.8, 4) is 0 Å². The first-order valence-corrected chi connectivity index (χ1v) is 6.05. The van der Waals surface area contributed by atoms with E-state index in [4.69, 9.17) is 23.2 Å². The van der Waals surface area contributed by atoms with Crippen molar-refractivity contribution in [3.05, 3.63) is 28.2 Å². The third kappa shape index (κ3) is 4.89. The lowest BCUT2D eigenvalue weighted by Gasteiger charge is -2.05. The van der Waals surface area contributed by atoms with Crippen molar-refractivity contribution < 1.29 is 14.3 Å². The highest BCUT2D eigenvalue weighted by atomic mass is 35.5. The van der Waals surface area contributed by atoms with E-state index in [1.54, 1.807) is 25.1 Å². The largest absolute Gasteiger partial charge is 0.469 e. The SMILES string of the molecule is COC(=O)CC(=O)N/C(C)=N/c1cccc(Cl)c1Cl. The van der Waals surface area contributed by atoms with Crippen molar-refractivity contribution in [3.63, 3.8) is 0 Å². The van der Waals surface area contributed by atoms with Gasteiger partial charge in [0, 0.05) is 0 Å². The number of ether oxygens (including phenoxy) is 1. The number of hydrogen-bond acceptors (Lipinski definition) is 4. The summed E-state index contributed by atoms with van der Waals surface area (Å²) in [6.07, 6.45) is -0.368. The second kappa shape index (κ2) is 7.11. The third-order valence-corrected chi connectivity index (χ3v) is 2.88. The Morgan fingerprint density at radius 1 is 1.37 bits per heavy atom. The van der Waals surface area contributed by atoms with Gasteiger partial charge in [-0.2, -0.15) is 0 Å². The van der Waals surface area contributed by atoms with Gasteiger partial charge in [-0.25, -0.2) is 4.99 Å². The van der Waals surface area contributed by atoms with Crippen LogP contribution >= 0.6 is 23.2 Å². The van der Waals surface area contributed by atoms with Crippen molar-refractivity contribution in [2.24, 2.45) is 4.99 Å². The first-order valence-electron chi connectivity index (χ1n) is 5.30. The molecule has 5 nitrogen and oxygen atoms in total. The minimum absolute atomic E-state index is 0.297. The smallest absolute Gasteiger partial charge is 0.315 e. The molecule has 1 N–H and O–H groups in total. The third-order valence-electron chi connectivity index (χ3n) is 2.07. The molecule has 0 bridgehead atoms. The van der Waals surface area contributed by atoms with Gasteiger partial charge in [0.1, 0.15) is 12.3 Å². The summed E-state index contributed by atoms with van der Waals surface area (Å²) in [5.41, 5.74) is 0.435. The summed E-state index contributed by atoms with van der Waals surface area (Å²) in [7, 11) is 1.21. The Balaban J connectivity index is 2.74. The number of aliphatic imine (C=N–C) groups is 1. The van der Waals surface area contributed by atoms with Crippen LogP contribution in [0.5, 0.6) is 0 Å². The first kappa shape index (κ1) is 15.5. The van der Waals surface area contributed by atoms with Crippen LogP contribution in [-0.4, -0.2) is 24.8 Å². The summed E-state index contributed by atoms with van der Waals surface area (Å²) in [4.78, 5) is 26.4. The number of methoxy groups -OCH3 is 1. The molecule has 1 rings (SSSR count). The number of benzene rings is 1. The van der Waals surface area contributed by atoms with Gasteiger partial charge in [-0.15, -0.1) is 0 Å². The molecule has 102 valence electrons. The van der Waals surface area contributed by atoms with Crippen molar-refractivity contribution in [2.45, 2.75) is 13.3 Å². The van der Waals surface area contributed by atoms with Crippen LogP contribution in [0.15, 0.2) is 23.2 Å². The number of rotatable bonds is 3. The van der Waals surface area contributed by atoms with Crippen LogP contribution in [0.1, 0.15) is 13.3 Å². The van der Waals surface area contributed by atoms with Gasteiger partial charge < -0.3 is 10.1 Å². The summed E-state index contributed by atoms with van der Waals surface area (Å²) in [6.45, 7) is 1.58. The average Bonchev–Trinajstić information content (AvgIpc) is 2.34. The van der Waals surface area contributed by atoms with Crippen LogP contribution in [0.25, 0.3) is 0 Å². The van der Waals surface area contributed by atoms with Gasteiger partial charge in [-0.1, -0.05) is 29.3 Å². The van der Waals surface area contributed by atoms with E-state index in [0.717, 1.165) is 0 Å². The Hall–Kier alpha value is -1.59. The molecule has 0 fully saturated rings. The zero-order chi connectivity index (χ0) is 14.4. The molecular weight excluding hydrogens is 291 g/mol. The zero-order valence-electron chi connectivity index (χ0n) is 10.4. The van der Waals surface area contributed by atoms with Gasteiger partial charge in [-0.3, -0.25) is 9.59 Å². The summed E-state index contributed by atoms with van der Waals surface area (Å²) in [5, 5.41) is 3.12. The molecule has 0 radical (unpaired) electrons. The standard InChI is InChI=1S/C12H12Cl2N2O3/c1-7(16-10(17)6-11(18)19-2)15-9-5-3-4-8(13)12(9)14/h3-5H,6H2,1-2H3,(H,15,16,17). The van der Waals surface area contributed by atoms with Gasteiger partial charge >= 0.3 is 5.97 Å². The Morgan fingerprint density at radius 3 is 2.68 bits per heavy atom. The quantitative estimate of drug-likeness (QED) is 0.404. The second-order valence-electron chi connectivity index (χ2n) is 3.57. The highest BCUT2D eigenvalue weighted by molar-refractivity contribution is 6.43. The van der Waals surface area contributed by atoms with E-state index in [2.05, 4.69) is 15.0 Å². The highest BCUT2D eigenvalue weighted by Crippen LogP contribution is 2.31. The Kier molecular flexibility index (Phi) is 5.79. The van der Waals surface area contributed by atoms with Crippen LogP contribution in [0.3, 0.4) is 0 Å². The van der Waals surface area contributed by atoms with E-state index >= 15 is 0 Å². The van der Waals surface area contributed by atoms with E-state index in [9.17, 15) is 9.59 Å². The fourth-order valence-electron chi connectivity index (χ4n) is 1.24. The number of hydrogen-bond donors (Lipinski definition) is 1. The lowest BCUT2D eigenvalue weighted by molar-refractivity contribution is -0.143. The van der Waals surface area contributed by atoms with Crippen molar-refractivity contribution in [1.82, 2.24) is 5.32 Å². The molecular formula is C12H12Cl2N2O3. The molecule has 0 saturated heterocycles. The zero-order valence-corrected chi connectivity index (χ0v) is 11.9. The maximum absolute atomic E-state index is 11.4. The molecule has 7 heteroatoms. The fourth-order valence-corrected chi connectivity index (χ4v) is 1.57. The molecule has 1 aromatic carbocycles. The van der Waals surface area contributed by atoms with Gasteiger partial charge in [0.15, 0.2) is 0 Å². The number of amidine groups is 1. The molecule has 1 amide bonds. The highest BCUT2D eigenvalue weighted by Gasteiger charge is 2.10. The lowest BCUT2D eigenvalue weighted by atomic mass is 10.3. The van der Waals surface area contributed by atoms with Gasteiger partial charge in [0.05, 0.1) is 22.8 Å². The molecule has 19 heavy (non-hydrogen) atoms. The van der Waals surface area contributed by atoms with E-state index in [1.807, 2.05) is 0 Å². The van der Waals surface area contributed by atoms with Gasteiger partial charge in [-0.05, 0) is 19.1 Å². The second-order valence-corrected chi connectivity index (χ2v) is 4.36. The Bertz CT molecular complexity index is 530. The fraction of sp³-hybridized carbons (Fsp3) is 0.250. The van der Waals surface area contributed by atoms with E-state index in [1.165, 1.54) is 7.11 Å². The summed E-state index contributed by atoms with van der Waals surface area (Å²) in [5.74, 6) is -0.824. The molecule has 0 unspecified atom stereocenters. The monoisotopic (exact) mass is 302 g/mol. The van der Waals surface area contributed by atoms with E-state index in [0.29, 0.717) is 21.6 Å². The minimum Gasteiger partial charge on any atom is -0.469 e. The lowest BCUT2D eigenvalue weighted by Crippen LogP contribution is -2.30. The van der Waals surface area contributed by atoms with E-state index in [-0.39, 0.29) is 6.42 Å². The number of amides is 1. The Morgan fingerprint density at radius 2 is 2.05 bits per heavy atom. The molecule has 0 heterocycles. The number of carbonyl (C=O) groups is 2. The topological polar surface area (TPSA) is 67.8 Å². The predicted molar refractivity (Wildman–Crippen MR) is 74.0 cm³/mol. The molecule has 0 saturated carbocycles. The maximum atomic E-state index is 11.4. The first-order chi connectivity index (χ1) is 8.93. The number of halogens is 2. The number of nitrogens with one attached hydrogen (secondary N) is 1. The average molecular weight is 303 g/mol. The number of carbonyl (C=O) groups excluding carboxylic acids is 2. The molecule has 1 aromatic rings. The van der Waals surface area contributed by atoms with Crippen LogP contribution < -0.4 is 5.32 Å². The van der Waals surface area contributed by atoms with Crippen LogP contribution in [-0.2, 0) is 14.3 Å².